The predicted molar refractivity (Wildman–Crippen MR) is 90.7 cm³/mol. The second kappa shape index (κ2) is 6.75. The second-order valence-electron chi connectivity index (χ2n) is 6.01. The molecule has 1 aliphatic heterocycles. The van der Waals surface area contributed by atoms with Crippen LogP contribution >= 0.6 is 0 Å². The topological polar surface area (TPSA) is 32.3 Å². The SMILES string of the molecule is CN1CCC(C(=O)c2cccc(Nc3ccccc3)c2)CC1. The Morgan fingerprint density at radius 3 is 2.41 bits per heavy atom. The molecule has 0 bridgehead atoms. The van der Waals surface area contributed by atoms with Crippen LogP contribution in [0.2, 0.25) is 0 Å². The molecule has 1 aliphatic rings. The Balaban J connectivity index is 1.72. The van der Waals surface area contributed by atoms with Crippen molar-refractivity contribution < 1.29 is 4.79 Å². The molecular weight excluding hydrogens is 272 g/mol. The summed E-state index contributed by atoms with van der Waals surface area (Å²) in [5.41, 5.74) is 2.81. The van der Waals surface area contributed by atoms with Gasteiger partial charge in [0.05, 0.1) is 0 Å². The summed E-state index contributed by atoms with van der Waals surface area (Å²) < 4.78 is 0. The van der Waals surface area contributed by atoms with E-state index in [2.05, 4.69) is 17.3 Å². The van der Waals surface area contributed by atoms with Gasteiger partial charge in [0.25, 0.3) is 0 Å². The van der Waals surface area contributed by atoms with E-state index in [9.17, 15) is 4.79 Å². The van der Waals surface area contributed by atoms with Crippen molar-refractivity contribution in [3.63, 3.8) is 0 Å². The number of anilines is 2. The predicted octanol–water partition coefficient (Wildman–Crippen LogP) is 3.95. The Bertz CT molecular complexity index is 631. The van der Waals surface area contributed by atoms with Crippen LogP contribution in [0.4, 0.5) is 11.4 Å². The highest BCUT2D eigenvalue weighted by Crippen LogP contribution is 2.23. The van der Waals surface area contributed by atoms with Crippen LogP contribution in [0, 0.1) is 5.92 Å². The van der Waals surface area contributed by atoms with Gasteiger partial charge < -0.3 is 10.2 Å². The van der Waals surface area contributed by atoms with E-state index in [1.165, 1.54) is 0 Å². The number of benzene rings is 2. The Kier molecular flexibility index (Phi) is 4.54. The van der Waals surface area contributed by atoms with Crippen LogP contribution < -0.4 is 5.32 Å². The molecule has 22 heavy (non-hydrogen) atoms. The second-order valence-corrected chi connectivity index (χ2v) is 6.01. The molecule has 1 N–H and O–H groups in total. The number of nitrogens with one attached hydrogen (secondary N) is 1. The molecule has 0 unspecified atom stereocenters. The molecule has 1 fully saturated rings. The van der Waals surface area contributed by atoms with Crippen LogP contribution in [0.15, 0.2) is 54.6 Å². The lowest BCUT2D eigenvalue weighted by molar-refractivity contribution is 0.0857. The first-order valence-corrected chi connectivity index (χ1v) is 7.87. The molecule has 0 atom stereocenters. The minimum absolute atomic E-state index is 0.170. The molecular formula is C19H22N2O. The lowest BCUT2D eigenvalue weighted by Crippen LogP contribution is -2.33. The molecule has 3 heteroatoms. The summed E-state index contributed by atoms with van der Waals surface area (Å²) >= 11 is 0. The number of likely N-dealkylation sites (tertiary alicyclic amines) is 1. The van der Waals surface area contributed by atoms with E-state index < -0.39 is 0 Å². The normalized spacial score (nSPS) is 16.4. The molecule has 0 radical (unpaired) electrons. The molecule has 3 rings (SSSR count). The molecule has 1 saturated heterocycles. The van der Waals surface area contributed by atoms with E-state index >= 15 is 0 Å². The van der Waals surface area contributed by atoms with Gasteiger partial charge in [0.2, 0.25) is 0 Å². The molecule has 0 aromatic heterocycles. The highest BCUT2D eigenvalue weighted by atomic mass is 16.1. The van der Waals surface area contributed by atoms with Crippen LogP contribution in [0.3, 0.4) is 0 Å². The molecule has 114 valence electrons. The maximum atomic E-state index is 12.7. The highest BCUT2D eigenvalue weighted by Gasteiger charge is 2.24. The summed E-state index contributed by atoms with van der Waals surface area (Å²) in [5, 5.41) is 3.35. The number of piperidine rings is 1. The van der Waals surface area contributed by atoms with Crippen molar-refractivity contribution in [2.45, 2.75) is 12.8 Å². The molecule has 0 amide bonds. The fraction of sp³-hybridized carbons (Fsp3) is 0.316. The van der Waals surface area contributed by atoms with Crippen molar-refractivity contribution >= 4 is 17.2 Å². The summed E-state index contributed by atoms with van der Waals surface area (Å²) in [4.78, 5) is 15.0. The van der Waals surface area contributed by atoms with Gasteiger partial charge >= 0.3 is 0 Å². The average Bonchev–Trinajstić information content (AvgIpc) is 2.56. The third-order valence-corrected chi connectivity index (χ3v) is 4.30. The maximum absolute atomic E-state index is 12.7. The van der Waals surface area contributed by atoms with E-state index in [0.29, 0.717) is 0 Å². The maximum Gasteiger partial charge on any atom is 0.166 e. The van der Waals surface area contributed by atoms with Gasteiger partial charge in [0.1, 0.15) is 0 Å². The van der Waals surface area contributed by atoms with Crippen LogP contribution in [-0.4, -0.2) is 30.8 Å². The van der Waals surface area contributed by atoms with E-state index in [4.69, 9.17) is 0 Å². The Hall–Kier alpha value is -2.13. The molecule has 1 heterocycles. The first kappa shape index (κ1) is 14.8. The van der Waals surface area contributed by atoms with Gasteiger partial charge in [-0.1, -0.05) is 30.3 Å². The molecule has 0 spiro atoms. The summed E-state index contributed by atoms with van der Waals surface area (Å²) in [5.74, 6) is 0.452. The van der Waals surface area contributed by atoms with Crippen molar-refractivity contribution in [1.82, 2.24) is 4.90 Å². The van der Waals surface area contributed by atoms with Gasteiger partial charge in [-0.3, -0.25) is 4.79 Å². The van der Waals surface area contributed by atoms with E-state index in [0.717, 1.165) is 42.9 Å². The van der Waals surface area contributed by atoms with Crippen LogP contribution in [0.5, 0.6) is 0 Å². The van der Waals surface area contributed by atoms with Crippen LogP contribution in [0.1, 0.15) is 23.2 Å². The minimum Gasteiger partial charge on any atom is -0.356 e. The summed E-state index contributed by atoms with van der Waals surface area (Å²) in [6.07, 6.45) is 1.93. The number of nitrogens with zero attached hydrogens (tertiary/aromatic N) is 1. The van der Waals surface area contributed by atoms with Gasteiger partial charge in [-0.15, -0.1) is 0 Å². The first-order chi connectivity index (χ1) is 10.7. The number of ketones is 1. The number of para-hydroxylation sites is 1. The zero-order valence-electron chi connectivity index (χ0n) is 13.0. The molecule has 2 aromatic rings. The quantitative estimate of drug-likeness (QED) is 0.866. The standard InChI is InChI=1S/C19H22N2O/c1-21-12-10-15(11-13-21)19(22)16-6-5-9-18(14-16)20-17-7-3-2-4-8-17/h2-9,14-15,20H,10-13H2,1H3. The van der Waals surface area contributed by atoms with E-state index in [1.54, 1.807) is 0 Å². The third kappa shape index (κ3) is 3.55. The molecule has 0 saturated carbocycles. The number of Topliss-reactive ketones (excluding diaryl/α,β-unsaturated/α-hetero) is 1. The van der Waals surface area contributed by atoms with Crippen molar-refractivity contribution in [3.05, 3.63) is 60.2 Å². The van der Waals surface area contributed by atoms with E-state index in [-0.39, 0.29) is 11.7 Å². The van der Waals surface area contributed by atoms with Crippen LogP contribution in [-0.2, 0) is 0 Å². The Morgan fingerprint density at radius 1 is 1.00 bits per heavy atom. The largest absolute Gasteiger partial charge is 0.356 e. The van der Waals surface area contributed by atoms with Gasteiger partial charge in [-0.25, -0.2) is 0 Å². The van der Waals surface area contributed by atoms with Crippen molar-refractivity contribution in [3.8, 4) is 0 Å². The smallest absolute Gasteiger partial charge is 0.166 e. The summed E-state index contributed by atoms with van der Waals surface area (Å²) in [7, 11) is 2.12. The van der Waals surface area contributed by atoms with Gasteiger partial charge in [0.15, 0.2) is 5.78 Å². The Labute approximate surface area is 132 Å². The number of hydrogen-bond donors (Lipinski definition) is 1. The first-order valence-electron chi connectivity index (χ1n) is 7.87. The van der Waals surface area contributed by atoms with Crippen molar-refractivity contribution in [2.75, 3.05) is 25.5 Å². The summed E-state index contributed by atoms with van der Waals surface area (Å²) in [6.45, 7) is 2.02. The number of carbonyl (C=O) groups excluding carboxylic acids is 1. The van der Waals surface area contributed by atoms with Crippen LogP contribution in [0.25, 0.3) is 0 Å². The van der Waals surface area contributed by atoms with Crippen molar-refractivity contribution in [2.24, 2.45) is 5.92 Å². The van der Waals surface area contributed by atoms with E-state index in [1.807, 2.05) is 54.6 Å². The zero-order chi connectivity index (χ0) is 15.4. The fourth-order valence-electron chi connectivity index (χ4n) is 2.94. The molecule has 0 aliphatic carbocycles. The lowest BCUT2D eigenvalue weighted by atomic mass is 9.89. The average molecular weight is 294 g/mol. The highest BCUT2D eigenvalue weighted by molar-refractivity contribution is 5.98. The molecule has 2 aromatic carbocycles. The fourth-order valence-corrected chi connectivity index (χ4v) is 2.94. The number of hydrogen-bond acceptors (Lipinski definition) is 3. The van der Waals surface area contributed by atoms with Gasteiger partial charge in [-0.05, 0) is 57.2 Å². The van der Waals surface area contributed by atoms with Gasteiger partial charge in [-0.2, -0.15) is 0 Å². The zero-order valence-corrected chi connectivity index (χ0v) is 13.0. The lowest BCUT2D eigenvalue weighted by Gasteiger charge is -2.28. The third-order valence-electron chi connectivity index (χ3n) is 4.30. The molecule has 3 nitrogen and oxygen atoms in total. The Morgan fingerprint density at radius 2 is 1.68 bits per heavy atom. The summed E-state index contributed by atoms with van der Waals surface area (Å²) in [6, 6.07) is 17.9. The number of carbonyl (C=O) groups is 1. The van der Waals surface area contributed by atoms with Gasteiger partial charge in [0, 0.05) is 22.9 Å². The minimum atomic E-state index is 0.170. The number of rotatable bonds is 4. The van der Waals surface area contributed by atoms with Crippen molar-refractivity contribution in [1.29, 1.82) is 0 Å². The monoisotopic (exact) mass is 294 g/mol.